The summed E-state index contributed by atoms with van der Waals surface area (Å²) in [4.78, 5) is 7.34. The van der Waals surface area contributed by atoms with Crippen molar-refractivity contribution in [2.75, 3.05) is 0 Å². The molecule has 6 heteroatoms. The fraction of sp³-hybridized carbons (Fsp3) is 0. The summed E-state index contributed by atoms with van der Waals surface area (Å²) >= 11 is 1.41. The van der Waals surface area contributed by atoms with Gasteiger partial charge in [-0.3, -0.25) is 0 Å². The van der Waals surface area contributed by atoms with Gasteiger partial charge in [-0.2, -0.15) is 0 Å². The molecule has 0 bridgehead atoms. The van der Waals surface area contributed by atoms with Crippen LogP contribution in [-0.2, 0) is 0 Å². The summed E-state index contributed by atoms with van der Waals surface area (Å²) in [6.45, 7) is 0. The van der Waals surface area contributed by atoms with Crippen molar-refractivity contribution in [3.8, 4) is 17.1 Å². The fourth-order valence-electron chi connectivity index (χ4n) is 2.36. The van der Waals surface area contributed by atoms with Gasteiger partial charge in [-0.25, -0.2) is 4.98 Å². The minimum atomic E-state index is 0.00906. The standard InChI is InChI=1S/C17H12N4OS/c22-16-15(12-8-4-5-9-13(12)18-16)20-21-17-19-14(10-23-17)11-6-2-1-3-7-11/h1-10,18,22H. The van der Waals surface area contributed by atoms with E-state index in [-0.39, 0.29) is 5.88 Å². The van der Waals surface area contributed by atoms with Gasteiger partial charge in [0.2, 0.25) is 11.0 Å². The maximum Gasteiger partial charge on any atom is 0.230 e. The molecule has 0 fully saturated rings. The van der Waals surface area contributed by atoms with Crippen molar-refractivity contribution in [3.63, 3.8) is 0 Å². The number of hydrogen-bond acceptors (Lipinski definition) is 5. The largest absolute Gasteiger partial charge is 0.493 e. The molecule has 23 heavy (non-hydrogen) atoms. The van der Waals surface area contributed by atoms with Crippen LogP contribution in [0.3, 0.4) is 0 Å². The summed E-state index contributed by atoms with van der Waals surface area (Å²) < 4.78 is 0. The van der Waals surface area contributed by atoms with Gasteiger partial charge in [-0.15, -0.1) is 21.6 Å². The first-order valence-electron chi connectivity index (χ1n) is 7.03. The number of rotatable bonds is 3. The van der Waals surface area contributed by atoms with Crippen LogP contribution in [0.5, 0.6) is 5.88 Å². The summed E-state index contributed by atoms with van der Waals surface area (Å²) in [5, 5.41) is 21.6. The zero-order valence-corrected chi connectivity index (χ0v) is 12.8. The van der Waals surface area contributed by atoms with Crippen LogP contribution in [0.2, 0.25) is 0 Å². The smallest absolute Gasteiger partial charge is 0.230 e. The van der Waals surface area contributed by atoms with Gasteiger partial charge in [0.25, 0.3) is 0 Å². The lowest BCUT2D eigenvalue weighted by Crippen LogP contribution is -1.74. The number of para-hydroxylation sites is 1. The maximum atomic E-state index is 9.97. The number of aromatic nitrogens is 2. The molecule has 2 aromatic heterocycles. The Balaban J connectivity index is 1.66. The Bertz CT molecular complexity index is 988. The normalized spacial score (nSPS) is 11.5. The highest BCUT2D eigenvalue weighted by atomic mass is 32.1. The van der Waals surface area contributed by atoms with Gasteiger partial charge in [-0.05, 0) is 6.07 Å². The third-order valence-corrected chi connectivity index (χ3v) is 4.18. The van der Waals surface area contributed by atoms with Gasteiger partial charge in [-0.1, -0.05) is 48.5 Å². The highest BCUT2D eigenvalue weighted by Gasteiger charge is 2.10. The molecule has 112 valence electrons. The molecule has 0 atom stereocenters. The molecule has 0 unspecified atom stereocenters. The molecule has 0 saturated carbocycles. The monoisotopic (exact) mass is 320 g/mol. The first-order valence-corrected chi connectivity index (χ1v) is 7.91. The zero-order chi connectivity index (χ0) is 15.6. The lowest BCUT2D eigenvalue weighted by atomic mass is 10.2. The molecule has 2 heterocycles. The second-order valence-electron chi connectivity index (χ2n) is 4.95. The SMILES string of the molecule is Oc1[nH]c2ccccc2c1N=Nc1nc(-c2ccccc2)cs1. The molecular weight excluding hydrogens is 308 g/mol. The molecule has 0 aliphatic heterocycles. The van der Waals surface area contributed by atoms with Crippen LogP contribution in [0, 0.1) is 0 Å². The van der Waals surface area contributed by atoms with Crippen LogP contribution < -0.4 is 0 Å². The predicted molar refractivity (Wildman–Crippen MR) is 91.7 cm³/mol. The molecule has 2 N–H and O–H groups in total. The molecule has 0 saturated heterocycles. The van der Waals surface area contributed by atoms with E-state index in [1.54, 1.807) is 0 Å². The number of hydrogen-bond donors (Lipinski definition) is 2. The van der Waals surface area contributed by atoms with Crippen LogP contribution in [-0.4, -0.2) is 15.1 Å². The molecule has 4 aromatic rings. The average molecular weight is 320 g/mol. The van der Waals surface area contributed by atoms with Crippen molar-refractivity contribution in [2.45, 2.75) is 0 Å². The molecule has 0 spiro atoms. The molecule has 5 nitrogen and oxygen atoms in total. The number of thiazole rings is 1. The highest BCUT2D eigenvalue weighted by molar-refractivity contribution is 7.13. The Kier molecular flexibility index (Phi) is 3.36. The Labute approximate surface area is 136 Å². The van der Waals surface area contributed by atoms with Gasteiger partial charge in [0, 0.05) is 16.3 Å². The third-order valence-electron chi connectivity index (χ3n) is 3.46. The molecule has 0 aliphatic carbocycles. The van der Waals surface area contributed by atoms with Gasteiger partial charge in [0.05, 0.1) is 11.2 Å². The number of benzene rings is 2. The van der Waals surface area contributed by atoms with E-state index in [0.29, 0.717) is 10.8 Å². The Hall–Kier alpha value is -2.99. The lowest BCUT2D eigenvalue weighted by molar-refractivity contribution is 0.459. The lowest BCUT2D eigenvalue weighted by Gasteiger charge is -1.93. The molecule has 0 amide bonds. The fourth-order valence-corrected chi connectivity index (χ4v) is 3.00. The number of nitrogens with zero attached hydrogens (tertiary/aromatic N) is 3. The van der Waals surface area contributed by atoms with Gasteiger partial charge in [0.1, 0.15) is 0 Å². The first kappa shape index (κ1) is 13.7. The van der Waals surface area contributed by atoms with E-state index in [1.807, 2.05) is 60.0 Å². The van der Waals surface area contributed by atoms with E-state index in [4.69, 9.17) is 0 Å². The topological polar surface area (TPSA) is 73.6 Å². The number of nitrogens with one attached hydrogen (secondary N) is 1. The molecule has 2 aromatic carbocycles. The van der Waals surface area contributed by atoms with Gasteiger partial charge >= 0.3 is 0 Å². The van der Waals surface area contributed by atoms with E-state index in [9.17, 15) is 5.11 Å². The van der Waals surface area contributed by atoms with Crippen LogP contribution in [0.1, 0.15) is 0 Å². The summed E-state index contributed by atoms with van der Waals surface area (Å²) in [6, 6.07) is 17.5. The molecule has 4 rings (SSSR count). The molecule has 0 aliphatic rings. The van der Waals surface area contributed by atoms with Crippen molar-refractivity contribution in [2.24, 2.45) is 10.2 Å². The Morgan fingerprint density at radius 3 is 2.61 bits per heavy atom. The minimum Gasteiger partial charge on any atom is -0.493 e. The van der Waals surface area contributed by atoms with E-state index >= 15 is 0 Å². The van der Waals surface area contributed by atoms with Crippen molar-refractivity contribution in [1.82, 2.24) is 9.97 Å². The second kappa shape index (κ2) is 5.66. The number of aromatic hydroxyl groups is 1. The van der Waals surface area contributed by atoms with E-state index < -0.39 is 0 Å². The molecule has 0 radical (unpaired) electrons. The second-order valence-corrected chi connectivity index (χ2v) is 5.79. The van der Waals surface area contributed by atoms with Crippen molar-refractivity contribution >= 4 is 33.1 Å². The van der Waals surface area contributed by atoms with Crippen molar-refractivity contribution in [3.05, 3.63) is 60.0 Å². The number of fused-ring (bicyclic) bond motifs is 1. The summed E-state index contributed by atoms with van der Waals surface area (Å²) in [7, 11) is 0. The zero-order valence-electron chi connectivity index (χ0n) is 12.0. The van der Waals surface area contributed by atoms with Gasteiger partial charge < -0.3 is 10.1 Å². The first-order chi connectivity index (χ1) is 11.3. The predicted octanol–water partition coefficient (Wildman–Crippen LogP) is 5.41. The minimum absolute atomic E-state index is 0.00906. The summed E-state index contributed by atoms with van der Waals surface area (Å²) in [6.07, 6.45) is 0. The van der Waals surface area contributed by atoms with E-state index in [0.717, 1.165) is 22.2 Å². The quantitative estimate of drug-likeness (QED) is 0.495. The van der Waals surface area contributed by atoms with Crippen LogP contribution in [0.25, 0.3) is 22.2 Å². The van der Waals surface area contributed by atoms with E-state index in [2.05, 4.69) is 20.2 Å². The molecular formula is C17H12N4OS. The van der Waals surface area contributed by atoms with Crippen LogP contribution in [0.15, 0.2) is 70.2 Å². The van der Waals surface area contributed by atoms with Gasteiger partial charge in [0.15, 0.2) is 5.69 Å². The van der Waals surface area contributed by atoms with Crippen molar-refractivity contribution < 1.29 is 5.11 Å². The van der Waals surface area contributed by atoms with Crippen LogP contribution >= 0.6 is 11.3 Å². The maximum absolute atomic E-state index is 9.97. The number of aromatic amines is 1. The summed E-state index contributed by atoms with van der Waals surface area (Å²) in [5.74, 6) is 0.00906. The van der Waals surface area contributed by atoms with Crippen molar-refractivity contribution in [1.29, 1.82) is 0 Å². The Morgan fingerprint density at radius 1 is 0.957 bits per heavy atom. The Morgan fingerprint density at radius 2 is 1.74 bits per heavy atom. The number of H-pyrrole nitrogens is 1. The average Bonchev–Trinajstić information content (AvgIpc) is 3.18. The van der Waals surface area contributed by atoms with Crippen LogP contribution in [0.4, 0.5) is 10.8 Å². The van der Waals surface area contributed by atoms with E-state index in [1.165, 1.54) is 11.3 Å². The highest BCUT2D eigenvalue weighted by Crippen LogP contribution is 2.36. The number of azo groups is 1. The third kappa shape index (κ3) is 2.60. The summed E-state index contributed by atoms with van der Waals surface area (Å²) in [5.41, 5.74) is 3.16.